The summed E-state index contributed by atoms with van der Waals surface area (Å²) in [7, 11) is 0. The topological polar surface area (TPSA) is 62.5 Å². The maximum Gasteiger partial charge on any atom is 0.227 e. The Morgan fingerprint density at radius 3 is 2.81 bits per heavy atom. The normalized spacial score (nSPS) is 15.7. The van der Waals surface area contributed by atoms with Gasteiger partial charge in [-0.1, -0.05) is 25.1 Å². The van der Waals surface area contributed by atoms with Crippen molar-refractivity contribution in [2.45, 2.75) is 39.5 Å². The van der Waals surface area contributed by atoms with Gasteiger partial charge in [-0.3, -0.25) is 9.69 Å². The minimum atomic E-state index is 0.310. The molecule has 0 aromatic carbocycles. The highest BCUT2D eigenvalue weighted by Crippen LogP contribution is 2.21. The molecule has 1 saturated heterocycles. The molecule has 0 aliphatic carbocycles. The lowest BCUT2D eigenvalue weighted by molar-refractivity contribution is -0.133. The van der Waals surface area contributed by atoms with E-state index in [1.165, 1.54) is 0 Å². The Morgan fingerprint density at radius 1 is 1.31 bits per heavy atom. The average molecular weight is 377 g/mol. The molecule has 1 aliphatic heterocycles. The number of aryl methyl sites for hydroxylation is 1. The summed E-state index contributed by atoms with van der Waals surface area (Å²) < 4.78 is 5.35. The summed E-state index contributed by atoms with van der Waals surface area (Å²) in [5.41, 5.74) is 0. The average Bonchev–Trinajstić information content (AvgIpc) is 3.31. The Kier molecular flexibility index (Phi) is 6.80. The van der Waals surface area contributed by atoms with Gasteiger partial charge in [0.05, 0.1) is 4.88 Å². The minimum Gasteiger partial charge on any atom is -0.340 e. The van der Waals surface area contributed by atoms with Crippen LogP contribution < -0.4 is 0 Å². The molecule has 1 amide bonds. The number of rotatable bonds is 8. The molecule has 1 fully saturated rings. The van der Waals surface area contributed by atoms with Crippen molar-refractivity contribution in [2.75, 3.05) is 32.7 Å². The lowest BCUT2D eigenvalue weighted by Gasteiger charge is -2.34. The van der Waals surface area contributed by atoms with Gasteiger partial charge in [0.1, 0.15) is 0 Å². The smallest absolute Gasteiger partial charge is 0.227 e. The third kappa shape index (κ3) is 5.38. The Hall–Kier alpha value is -1.73. The first-order chi connectivity index (χ1) is 12.6. The molecular weight excluding hydrogens is 348 g/mol. The first kappa shape index (κ1) is 19.0. The zero-order valence-corrected chi connectivity index (χ0v) is 16.5. The van der Waals surface area contributed by atoms with E-state index < -0.39 is 0 Å². The monoisotopic (exact) mass is 376 g/mol. The van der Waals surface area contributed by atoms with Crippen LogP contribution in [0.4, 0.5) is 0 Å². The van der Waals surface area contributed by atoms with Crippen molar-refractivity contribution in [1.29, 1.82) is 0 Å². The van der Waals surface area contributed by atoms with Gasteiger partial charge in [0.15, 0.2) is 0 Å². The number of nitrogens with zero attached hydrogens (tertiary/aromatic N) is 4. The van der Waals surface area contributed by atoms with E-state index in [1.54, 1.807) is 11.3 Å². The van der Waals surface area contributed by atoms with Gasteiger partial charge in [-0.15, -0.1) is 11.3 Å². The third-order valence-electron chi connectivity index (χ3n) is 4.74. The maximum absolute atomic E-state index is 12.2. The maximum atomic E-state index is 12.2. The molecule has 7 heteroatoms. The van der Waals surface area contributed by atoms with Crippen LogP contribution in [0.2, 0.25) is 0 Å². The van der Waals surface area contributed by atoms with Crippen LogP contribution in [-0.4, -0.2) is 58.6 Å². The molecule has 3 heterocycles. The van der Waals surface area contributed by atoms with E-state index in [-0.39, 0.29) is 0 Å². The number of carbonyl (C=O) groups is 1. The molecule has 0 spiro atoms. The fourth-order valence-electron chi connectivity index (χ4n) is 3.11. The van der Waals surface area contributed by atoms with E-state index in [4.69, 9.17) is 4.52 Å². The number of piperazine rings is 1. The molecular formula is C19H28N4O2S. The van der Waals surface area contributed by atoms with Crippen molar-refractivity contribution < 1.29 is 9.32 Å². The number of aromatic nitrogens is 2. The largest absolute Gasteiger partial charge is 0.340 e. The number of hydrogen-bond donors (Lipinski definition) is 0. The van der Waals surface area contributed by atoms with Gasteiger partial charge in [0.25, 0.3) is 0 Å². The van der Waals surface area contributed by atoms with Crippen LogP contribution in [0.25, 0.3) is 10.7 Å². The van der Waals surface area contributed by atoms with Crippen LogP contribution in [0, 0.1) is 5.92 Å². The van der Waals surface area contributed by atoms with Gasteiger partial charge in [0.2, 0.25) is 17.6 Å². The molecule has 0 atom stereocenters. The first-order valence-corrected chi connectivity index (χ1v) is 10.4. The van der Waals surface area contributed by atoms with Gasteiger partial charge < -0.3 is 9.42 Å². The van der Waals surface area contributed by atoms with Crippen LogP contribution in [0.5, 0.6) is 0 Å². The lowest BCUT2D eigenvalue weighted by atomic mass is 10.1. The fraction of sp³-hybridized carbons (Fsp3) is 0.632. The van der Waals surface area contributed by atoms with Crippen molar-refractivity contribution >= 4 is 17.2 Å². The third-order valence-corrected chi connectivity index (χ3v) is 5.60. The zero-order chi connectivity index (χ0) is 18.4. The van der Waals surface area contributed by atoms with Crippen LogP contribution in [0.15, 0.2) is 22.0 Å². The van der Waals surface area contributed by atoms with E-state index in [9.17, 15) is 4.79 Å². The highest BCUT2D eigenvalue weighted by Gasteiger charge is 2.20. The SMILES string of the molecule is CC(C)CCC(=O)N1CCN(CCCc2nc(-c3cccs3)no2)CC1. The number of amides is 1. The lowest BCUT2D eigenvalue weighted by Crippen LogP contribution is -2.48. The molecule has 2 aromatic heterocycles. The predicted octanol–water partition coefficient (Wildman–Crippen LogP) is 3.31. The van der Waals surface area contributed by atoms with Crippen LogP contribution in [0.1, 0.15) is 39.0 Å². The van der Waals surface area contributed by atoms with Gasteiger partial charge in [-0.25, -0.2) is 0 Å². The molecule has 6 nitrogen and oxygen atoms in total. The number of hydrogen-bond acceptors (Lipinski definition) is 6. The van der Waals surface area contributed by atoms with Gasteiger partial charge in [-0.2, -0.15) is 4.98 Å². The van der Waals surface area contributed by atoms with Crippen LogP contribution >= 0.6 is 11.3 Å². The standard InChI is InChI=1S/C19H28N4O2S/c1-15(2)7-8-18(24)23-12-10-22(11-13-23)9-3-6-17-20-19(21-25-17)16-5-4-14-26-16/h4-5,14-15H,3,6-13H2,1-2H3. The summed E-state index contributed by atoms with van der Waals surface area (Å²) in [5, 5.41) is 6.06. The molecule has 0 bridgehead atoms. The second kappa shape index (κ2) is 9.28. The highest BCUT2D eigenvalue weighted by atomic mass is 32.1. The van der Waals surface area contributed by atoms with E-state index in [2.05, 4.69) is 28.9 Å². The van der Waals surface area contributed by atoms with E-state index in [1.807, 2.05) is 22.4 Å². The summed E-state index contributed by atoms with van der Waals surface area (Å²) in [6, 6.07) is 3.99. The van der Waals surface area contributed by atoms with Crippen LogP contribution in [-0.2, 0) is 11.2 Å². The quantitative estimate of drug-likeness (QED) is 0.707. The predicted molar refractivity (Wildman–Crippen MR) is 103 cm³/mol. The molecule has 0 N–H and O–H groups in total. The number of carbonyl (C=O) groups excluding carboxylic acids is 1. The van der Waals surface area contributed by atoms with Crippen molar-refractivity contribution in [3.63, 3.8) is 0 Å². The summed E-state index contributed by atoms with van der Waals surface area (Å²) in [6.07, 6.45) is 3.46. The molecule has 142 valence electrons. The Morgan fingerprint density at radius 2 is 2.12 bits per heavy atom. The molecule has 3 rings (SSSR count). The van der Waals surface area contributed by atoms with Crippen LogP contribution in [0.3, 0.4) is 0 Å². The summed E-state index contributed by atoms with van der Waals surface area (Å²) >= 11 is 1.62. The molecule has 1 aliphatic rings. The van der Waals surface area contributed by atoms with Gasteiger partial charge in [0, 0.05) is 39.0 Å². The second-order valence-electron chi connectivity index (χ2n) is 7.25. The van der Waals surface area contributed by atoms with Crippen molar-refractivity contribution in [3.05, 3.63) is 23.4 Å². The molecule has 26 heavy (non-hydrogen) atoms. The Bertz CT molecular complexity index is 676. The molecule has 2 aromatic rings. The summed E-state index contributed by atoms with van der Waals surface area (Å²) in [5.74, 6) is 2.29. The summed E-state index contributed by atoms with van der Waals surface area (Å²) in [6.45, 7) is 8.94. The van der Waals surface area contributed by atoms with Crippen molar-refractivity contribution in [1.82, 2.24) is 19.9 Å². The van der Waals surface area contributed by atoms with Crippen molar-refractivity contribution in [3.8, 4) is 10.7 Å². The molecule has 0 radical (unpaired) electrons. The molecule has 0 unspecified atom stereocenters. The van der Waals surface area contributed by atoms with E-state index >= 15 is 0 Å². The highest BCUT2D eigenvalue weighted by molar-refractivity contribution is 7.13. The van der Waals surface area contributed by atoms with Crippen molar-refractivity contribution in [2.24, 2.45) is 5.92 Å². The second-order valence-corrected chi connectivity index (χ2v) is 8.20. The van der Waals surface area contributed by atoms with Gasteiger partial charge in [-0.05, 0) is 36.8 Å². The fourth-order valence-corrected chi connectivity index (χ4v) is 3.76. The van der Waals surface area contributed by atoms with E-state index in [0.29, 0.717) is 30.0 Å². The van der Waals surface area contributed by atoms with E-state index in [0.717, 1.165) is 56.9 Å². The minimum absolute atomic E-state index is 0.310. The number of thiophene rings is 1. The Balaban J connectivity index is 1.35. The Labute approximate surface area is 159 Å². The summed E-state index contributed by atoms with van der Waals surface area (Å²) in [4.78, 5) is 22.1. The first-order valence-electron chi connectivity index (χ1n) is 9.48. The van der Waals surface area contributed by atoms with Gasteiger partial charge >= 0.3 is 0 Å². The molecule has 0 saturated carbocycles. The zero-order valence-electron chi connectivity index (χ0n) is 15.7.